The molecular formula is C12H23FN6O3P2. The van der Waals surface area contributed by atoms with Gasteiger partial charge in [0.1, 0.15) is 0 Å². The van der Waals surface area contributed by atoms with E-state index in [1.54, 1.807) is 80.6 Å². The molecule has 0 fully saturated rings. The molecule has 0 aliphatic carbocycles. The number of para-hydroxylation sites is 1. The second kappa shape index (κ2) is 6.07. The summed E-state index contributed by atoms with van der Waals surface area (Å²) in [6, 6.07) is 7.07. The SMILES string of the molecule is CN(C)P(OP(=O)(O)F)(N(C)C)(N(C)C)n1nnc2ccccc21. The molecule has 2 rings (SSSR count). The van der Waals surface area contributed by atoms with Gasteiger partial charge in [-0.1, -0.05) is 0 Å². The molecule has 0 amide bonds. The van der Waals surface area contributed by atoms with Gasteiger partial charge in [0.15, 0.2) is 0 Å². The Labute approximate surface area is 140 Å². The average Bonchev–Trinajstić information content (AvgIpc) is 2.87. The van der Waals surface area contributed by atoms with E-state index in [9.17, 15) is 13.7 Å². The van der Waals surface area contributed by atoms with E-state index in [0.717, 1.165) is 0 Å². The van der Waals surface area contributed by atoms with Crippen LogP contribution in [0.25, 0.3) is 11.0 Å². The second-order valence-corrected chi connectivity index (χ2v) is 12.0. The summed E-state index contributed by atoms with van der Waals surface area (Å²) in [5, 5.41) is 8.26. The first-order valence-electron chi connectivity index (χ1n) is 7.07. The van der Waals surface area contributed by atoms with Crippen molar-refractivity contribution in [2.24, 2.45) is 0 Å². The van der Waals surface area contributed by atoms with Crippen LogP contribution < -0.4 is 0 Å². The average molecular weight is 380 g/mol. The number of aromatic nitrogens is 3. The van der Waals surface area contributed by atoms with Crippen LogP contribution >= 0.6 is 15.3 Å². The van der Waals surface area contributed by atoms with E-state index in [1.165, 1.54) is 4.45 Å². The molecule has 24 heavy (non-hydrogen) atoms. The molecule has 0 spiro atoms. The van der Waals surface area contributed by atoms with Crippen LogP contribution in [0.2, 0.25) is 0 Å². The number of rotatable bonds is 6. The van der Waals surface area contributed by atoms with Crippen molar-refractivity contribution in [1.82, 2.24) is 28.8 Å². The molecule has 9 nitrogen and oxygen atoms in total. The Bertz CT molecular complexity index is 765. The minimum absolute atomic E-state index is 0.555. The maximum atomic E-state index is 14.0. The molecule has 1 unspecified atom stereocenters. The van der Waals surface area contributed by atoms with Gasteiger partial charge in [0, 0.05) is 0 Å². The van der Waals surface area contributed by atoms with Crippen LogP contribution in [0.4, 0.5) is 4.20 Å². The summed E-state index contributed by atoms with van der Waals surface area (Å²) in [4.78, 5) is 9.49. The molecule has 1 heterocycles. The molecule has 0 radical (unpaired) electrons. The molecular weight excluding hydrogens is 357 g/mol. The summed E-state index contributed by atoms with van der Waals surface area (Å²) < 4.78 is 37.2. The van der Waals surface area contributed by atoms with Crippen LogP contribution in [0.1, 0.15) is 0 Å². The standard InChI is InChI=1S/C12H23FN6O3P2/c1-16(2)24(17(3)4,18(5)6,22-23(13,20)21)19-12-10-8-7-9-11(12)14-15-19/h7-10H,1-6H3,(H,20,21). The zero-order chi connectivity index (χ0) is 18.4. The summed E-state index contributed by atoms with van der Waals surface area (Å²) >= 11 is 0. The van der Waals surface area contributed by atoms with Crippen LogP contribution in [-0.2, 0) is 8.88 Å². The van der Waals surface area contributed by atoms with Gasteiger partial charge in [0.05, 0.1) is 0 Å². The fourth-order valence-corrected chi connectivity index (χ4v) is 10.5. The van der Waals surface area contributed by atoms with Crippen molar-refractivity contribution >= 4 is 26.4 Å². The monoisotopic (exact) mass is 380 g/mol. The van der Waals surface area contributed by atoms with Crippen molar-refractivity contribution in [2.75, 3.05) is 42.3 Å². The summed E-state index contributed by atoms with van der Waals surface area (Å²) in [6.45, 7) is 0. The van der Waals surface area contributed by atoms with Gasteiger partial charge in [-0.2, -0.15) is 0 Å². The Morgan fingerprint density at radius 1 is 1.12 bits per heavy atom. The van der Waals surface area contributed by atoms with Crippen LogP contribution in [-0.4, -0.2) is 76.0 Å². The molecule has 1 N–H and O–H groups in total. The topological polar surface area (TPSA) is 87.0 Å². The molecule has 1 atom stereocenters. The van der Waals surface area contributed by atoms with Gasteiger partial charge in [-0.25, -0.2) is 0 Å². The number of halogens is 1. The van der Waals surface area contributed by atoms with Crippen molar-refractivity contribution in [3.63, 3.8) is 0 Å². The predicted octanol–water partition coefficient (Wildman–Crippen LogP) is 2.18. The van der Waals surface area contributed by atoms with E-state index in [4.69, 9.17) is 4.31 Å². The predicted molar refractivity (Wildman–Crippen MR) is 92.9 cm³/mol. The fraction of sp³-hybridized carbons (Fsp3) is 0.500. The van der Waals surface area contributed by atoms with E-state index >= 15 is 0 Å². The summed E-state index contributed by atoms with van der Waals surface area (Å²) in [5.41, 5.74) is 1.12. The number of hydrogen-bond acceptors (Lipinski definition) is 7. The third-order valence-electron chi connectivity index (χ3n) is 4.01. The Kier molecular flexibility index (Phi) is 4.89. The Morgan fingerprint density at radius 2 is 1.62 bits per heavy atom. The van der Waals surface area contributed by atoms with Crippen molar-refractivity contribution in [2.45, 2.75) is 0 Å². The summed E-state index contributed by atoms with van der Waals surface area (Å²) in [7, 11) is 0.112. The van der Waals surface area contributed by atoms with Crippen LogP contribution in [0.15, 0.2) is 24.3 Å². The van der Waals surface area contributed by atoms with E-state index in [-0.39, 0.29) is 0 Å². The van der Waals surface area contributed by atoms with Gasteiger partial charge < -0.3 is 0 Å². The van der Waals surface area contributed by atoms with Crippen molar-refractivity contribution in [3.8, 4) is 0 Å². The second-order valence-electron chi connectivity index (χ2n) is 5.91. The van der Waals surface area contributed by atoms with Gasteiger partial charge >= 0.3 is 140 Å². The molecule has 12 heteroatoms. The van der Waals surface area contributed by atoms with Gasteiger partial charge in [-0.05, 0) is 0 Å². The zero-order valence-electron chi connectivity index (χ0n) is 14.5. The minimum atomic E-state index is -5.39. The van der Waals surface area contributed by atoms with Crippen LogP contribution in [0, 0.1) is 0 Å². The van der Waals surface area contributed by atoms with E-state index in [0.29, 0.717) is 11.0 Å². The quantitative estimate of drug-likeness (QED) is 0.764. The first-order chi connectivity index (χ1) is 11.0. The van der Waals surface area contributed by atoms with Gasteiger partial charge in [0.25, 0.3) is 0 Å². The summed E-state index contributed by atoms with van der Waals surface area (Å²) in [6.07, 6.45) is 0. The fourth-order valence-electron chi connectivity index (χ4n) is 3.13. The van der Waals surface area contributed by atoms with Gasteiger partial charge in [-0.3, -0.25) is 0 Å². The third kappa shape index (κ3) is 2.50. The van der Waals surface area contributed by atoms with Crippen molar-refractivity contribution < 1.29 is 18.0 Å². The number of benzene rings is 1. The molecule has 1 aromatic carbocycles. The molecule has 0 saturated carbocycles. The van der Waals surface area contributed by atoms with Crippen molar-refractivity contribution in [3.05, 3.63) is 24.3 Å². The van der Waals surface area contributed by atoms with E-state index in [2.05, 4.69) is 10.3 Å². The first kappa shape index (κ1) is 19.3. The maximum absolute atomic E-state index is 14.0. The third-order valence-corrected chi connectivity index (χ3v) is 11.1. The molecule has 0 aliphatic rings. The Hall–Kier alpha value is -0.990. The van der Waals surface area contributed by atoms with E-state index in [1.807, 2.05) is 0 Å². The summed E-state index contributed by atoms with van der Waals surface area (Å²) in [5.74, 6) is 0. The molecule has 0 bridgehead atoms. The van der Waals surface area contributed by atoms with Gasteiger partial charge in [-0.15, -0.1) is 0 Å². The van der Waals surface area contributed by atoms with E-state index < -0.39 is 15.3 Å². The van der Waals surface area contributed by atoms with Crippen molar-refractivity contribution in [1.29, 1.82) is 0 Å². The Morgan fingerprint density at radius 3 is 2.08 bits per heavy atom. The number of hydrogen-bond donors (Lipinski definition) is 1. The molecule has 0 aliphatic heterocycles. The van der Waals surface area contributed by atoms with Crippen LogP contribution in [0.5, 0.6) is 0 Å². The molecule has 2 aromatic rings. The normalized spacial score (nSPS) is 17.4. The molecule has 136 valence electrons. The number of fused-ring (bicyclic) bond motifs is 1. The Balaban J connectivity index is 3.02. The first-order valence-corrected chi connectivity index (χ1v) is 10.5. The zero-order valence-corrected chi connectivity index (χ0v) is 16.3. The number of nitrogens with zero attached hydrogens (tertiary/aromatic N) is 6. The van der Waals surface area contributed by atoms with Crippen LogP contribution in [0.3, 0.4) is 0 Å². The van der Waals surface area contributed by atoms with Gasteiger partial charge in [0.2, 0.25) is 0 Å². The molecule has 0 saturated heterocycles. The molecule has 1 aromatic heterocycles.